The number of hydrogen-bond donors (Lipinski definition) is 1. The Morgan fingerprint density at radius 2 is 2.19 bits per heavy atom. The summed E-state index contributed by atoms with van der Waals surface area (Å²) in [5.41, 5.74) is -0.0506. The summed E-state index contributed by atoms with van der Waals surface area (Å²) in [6.45, 7) is 0.913. The molecule has 1 aromatic rings. The molecule has 2 heterocycles. The predicted molar refractivity (Wildman–Crippen MR) is 54.4 cm³/mol. The Labute approximate surface area is 92.4 Å². The van der Waals surface area contributed by atoms with E-state index in [-0.39, 0.29) is 12.2 Å². The lowest BCUT2D eigenvalue weighted by Gasteiger charge is -2.25. The number of sulfonamides is 1. The van der Waals surface area contributed by atoms with Crippen molar-refractivity contribution in [1.82, 2.24) is 13.9 Å². The molecule has 0 bridgehead atoms. The van der Waals surface area contributed by atoms with Gasteiger partial charge in [-0.1, -0.05) is 0 Å². The van der Waals surface area contributed by atoms with E-state index >= 15 is 0 Å². The maximum Gasteiger partial charge on any atom is 0.356 e. The second-order valence-electron chi connectivity index (χ2n) is 3.64. The third-order valence-electron chi connectivity index (χ3n) is 2.46. The molecule has 1 aliphatic rings. The fourth-order valence-corrected chi connectivity index (χ4v) is 2.38. The van der Waals surface area contributed by atoms with Gasteiger partial charge in [0.05, 0.1) is 12.8 Å². The van der Waals surface area contributed by atoms with Gasteiger partial charge in [-0.25, -0.2) is 18.2 Å². The standard InChI is InChI=1S/C8H11N3O4S/c1-16(14,15)11-3-2-10-4-6(8(12)13)9-7(10)5-11/h4H,2-3,5H2,1H3,(H,12,13). The summed E-state index contributed by atoms with van der Waals surface area (Å²) >= 11 is 0. The Kier molecular flexibility index (Phi) is 2.47. The molecule has 0 radical (unpaired) electrons. The van der Waals surface area contributed by atoms with Gasteiger partial charge >= 0.3 is 5.97 Å². The third-order valence-corrected chi connectivity index (χ3v) is 3.71. The Bertz CT molecular complexity index is 533. The Morgan fingerprint density at radius 1 is 1.50 bits per heavy atom. The first-order chi connectivity index (χ1) is 7.38. The van der Waals surface area contributed by atoms with Gasteiger partial charge in [0.1, 0.15) is 5.82 Å². The van der Waals surface area contributed by atoms with Crippen LogP contribution in [0.15, 0.2) is 6.20 Å². The fourth-order valence-electron chi connectivity index (χ4n) is 1.62. The molecule has 7 nitrogen and oxygen atoms in total. The summed E-state index contributed by atoms with van der Waals surface area (Å²) in [5.74, 6) is -0.637. The topological polar surface area (TPSA) is 92.5 Å². The van der Waals surface area contributed by atoms with Crippen molar-refractivity contribution in [1.29, 1.82) is 0 Å². The van der Waals surface area contributed by atoms with Gasteiger partial charge < -0.3 is 9.67 Å². The first-order valence-electron chi connectivity index (χ1n) is 4.62. The number of aromatic carboxylic acids is 1. The van der Waals surface area contributed by atoms with Crippen molar-refractivity contribution in [2.45, 2.75) is 13.1 Å². The Balaban J connectivity index is 2.31. The molecule has 0 atom stereocenters. The zero-order chi connectivity index (χ0) is 11.9. The van der Waals surface area contributed by atoms with E-state index in [1.165, 1.54) is 10.5 Å². The van der Waals surface area contributed by atoms with Crippen LogP contribution in [0.1, 0.15) is 16.3 Å². The Morgan fingerprint density at radius 3 is 2.75 bits per heavy atom. The summed E-state index contributed by atoms with van der Waals surface area (Å²) in [4.78, 5) is 14.6. The van der Waals surface area contributed by atoms with Gasteiger partial charge in [-0.3, -0.25) is 0 Å². The quantitative estimate of drug-likeness (QED) is 0.748. The average molecular weight is 245 g/mol. The summed E-state index contributed by atoms with van der Waals surface area (Å²) in [6.07, 6.45) is 2.56. The van der Waals surface area contributed by atoms with Crippen molar-refractivity contribution in [2.75, 3.05) is 12.8 Å². The molecule has 1 aromatic heterocycles. The minimum absolute atomic E-state index is 0.0506. The highest BCUT2D eigenvalue weighted by atomic mass is 32.2. The molecule has 0 saturated heterocycles. The summed E-state index contributed by atoms with van der Waals surface area (Å²) in [7, 11) is -3.25. The lowest BCUT2D eigenvalue weighted by Crippen LogP contribution is -2.37. The number of rotatable bonds is 2. The van der Waals surface area contributed by atoms with Crippen LogP contribution in [0.4, 0.5) is 0 Å². The van der Waals surface area contributed by atoms with Gasteiger partial charge in [-0.15, -0.1) is 0 Å². The minimum atomic E-state index is -3.25. The number of carboxylic acids is 1. The average Bonchev–Trinajstić information content (AvgIpc) is 2.58. The van der Waals surface area contributed by atoms with Crippen LogP contribution in [0, 0.1) is 0 Å². The molecule has 0 unspecified atom stereocenters. The van der Waals surface area contributed by atoms with Crippen LogP contribution in [0.5, 0.6) is 0 Å². The van der Waals surface area contributed by atoms with E-state index in [0.717, 1.165) is 6.26 Å². The molecule has 1 N–H and O–H groups in total. The number of hydrogen-bond acceptors (Lipinski definition) is 4. The fraction of sp³-hybridized carbons (Fsp3) is 0.500. The van der Waals surface area contributed by atoms with Gasteiger partial charge in [0.2, 0.25) is 10.0 Å². The van der Waals surface area contributed by atoms with Gasteiger partial charge in [-0.05, 0) is 0 Å². The first-order valence-corrected chi connectivity index (χ1v) is 6.47. The molecule has 0 aliphatic carbocycles. The van der Waals surface area contributed by atoms with Gasteiger partial charge in [0, 0.05) is 19.3 Å². The molecule has 0 aromatic carbocycles. The largest absolute Gasteiger partial charge is 0.476 e. The van der Waals surface area contributed by atoms with Crippen LogP contribution in [0.3, 0.4) is 0 Å². The number of carboxylic acid groups (broad SMARTS) is 1. The molecular formula is C8H11N3O4S. The van der Waals surface area contributed by atoms with Crippen molar-refractivity contribution in [3.8, 4) is 0 Å². The van der Waals surface area contributed by atoms with Gasteiger partial charge in [0.25, 0.3) is 0 Å². The lowest BCUT2D eigenvalue weighted by molar-refractivity contribution is 0.0691. The first kappa shape index (κ1) is 11.1. The zero-order valence-electron chi connectivity index (χ0n) is 8.62. The number of imidazole rings is 1. The third kappa shape index (κ3) is 1.93. The number of carbonyl (C=O) groups is 1. The Hall–Kier alpha value is -1.41. The second kappa shape index (κ2) is 3.56. The highest BCUT2D eigenvalue weighted by Crippen LogP contribution is 2.15. The predicted octanol–water partition coefficient (Wildman–Crippen LogP) is -0.643. The SMILES string of the molecule is CS(=O)(=O)N1CCn2cc(C(=O)O)nc2C1. The maximum atomic E-state index is 11.3. The smallest absolute Gasteiger partial charge is 0.356 e. The van der Waals surface area contributed by atoms with E-state index in [1.807, 2.05) is 0 Å². The van der Waals surface area contributed by atoms with Crippen LogP contribution in [0.25, 0.3) is 0 Å². The van der Waals surface area contributed by atoms with Crippen molar-refractivity contribution in [3.05, 3.63) is 17.7 Å². The van der Waals surface area contributed by atoms with Crippen molar-refractivity contribution < 1.29 is 18.3 Å². The number of fused-ring (bicyclic) bond motifs is 1. The van der Waals surface area contributed by atoms with E-state index in [0.29, 0.717) is 18.9 Å². The van der Waals surface area contributed by atoms with Crippen LogP contribution < -0.4 is 0 Å². The lowest BCUT2D eigenvalue weighted by atomic mass is 10.4. The normalized spacial score (nSPS) is 17.1. The van der Waals surface area contributed by atoms with Crippen molar-refractivity contribution in [2.24, 2.45) is 0 Å². The van der Waals surface area contributed by atoms with Crippen molar-refractivity contribution in [3.63, 3.8) is 0 Å². The molecule has 0 saturated carbocycles. The zero-order valence-corrected chi connectivity index (χ0v) is 9.44. The molecule has 8 heteroatoms. The van der Waals surface area contributed by atoms with Crippen LogP contribution >= 0.6 is 0 Å². The summed E-state index contributed by atoms with van der Waals surface area (Å²) in [6, 6.07) is 0. The summed E-state index contributed by atoms with van der Waals surface area (Å²) in [5, 5.41) is 8.75. The molecule has 1 aliphatic heterocycles. The highest BCUT2D eigenvalue weighted by Gasteiger charge is 2.25. The second-order valence-corrected chi connectivity index (χ2v) is 5.62. The highest BCUT2D eigenvalue weighted by molar-refractivity contribution is 7.88. The van der Waals surface area contributed by atoms with E-state index < -0.39 is 16.0 Å². The molecule has 0 amide bonds. The van der Waals surface area contributed by atoms with Gasteiger partial charge in [0.15, 0.2) is 5.69 Å². The molecule has 88 valence electrons. The summed E-state index contributed by atoms with van der Waals surface area (Å²) < 4.78 is 25.6. The van der Waals surface area contributed by atoms with Crippen LogP contribution in [0.2, 0.25) is 0 Å². The van der Waals surface area contributed by atoms with E-state index in [1.54, 1.807) is 4.57 Å². The molecular weight excluding hydrogens is 234 g/mol. The van der Waals surface area contributed by atoms with Crippen LogP contribution in [-0.4, -0.2) is 46.2 Å². The minimum Gasteiger partial charge on any atom is -0.476 e. The number of aromatic nitrogens is 2. The van der Waals surface area contributed by atoms with Crippen molar-refractivity contribution >= 4 is 16.0 Å². The van der Waals surface area contributed by atoms with E-state index in [9.17, 15) is 13.2 Å². The molecule has 2 rings (SSSR count). The molecule has 16 heavy (non-hydrogen) atoms. The molecule has 0 spiro atoms. The maximum absolute atomic E-state index is 11.3. The van der Waals surface area contributed by atoms with Gasteiger partial charge in [-0.2, -0.15) is 4.31 Å². The molecule has 0 fully saturated rings. The van der Waals surface area contributed by atoms with E-state index in [4.69, 9.17) is 5.11 Å². The monoisotopic (exact) mass is 245 g/mol. The van der Waals surface area contributed by atoms with E-state index in [2.05, 4.69) is 4.98 Å². The number of nitrogens with zero attached hydrogens (tertiary/aromatic N) is 3. The van der Waals surface area contributed by atoms with Crippen LogP contribution in [-0.2, 0) is 23.1 Å².